The molecule has 0 saturated carbocycles. The van der Waals surface area contributed by atoms with Gasteiger partial charge in [-0.05, 0) is 42.3 Å². The van der Waals surface area contributed by atoms with E-state index in [-0.39, 0.29) is 50.0 Å². The molecule has 0 aliphatic heterocycles. The minimum absolute atomic E-state index is 0.111. The summed E-state index contributed by atoms with van der Waals surface area (Å²) >= 11 is 0. The SMILES string of the molecule is C/C(C#N)=c1\nc2c(-c3ccc(C(F)(F)F)c(F)c3)c3oc(=C(C#N)C#N)nc3c(-c3ccc(C(F)(F)F)c(F)c3)c2o1. The molecule has 3 aromatic carbocycles. The zero-order chi connectivity index (χ0) is 31.4. The third-order valence-electron chi connectivity index (χ3n) is 6.23. The average Bonchev–Trinajstić information content (AvgIpc) is 3.55. The van der Waals surface area contributed by atoms with Crippen LogP contribution >= 0.6 is 0 Å². The summed E-state index contributed by atoms with van der Waals surface area (Å²) < 4.78 is 120. The Kier molecular flexibility index (Phi) is 6.66. The van der Waals surface area contributed by atoms with Crippen LogP contribution in [0.1, 0.15) is 18.1 Å². The van der Waals surface area contributed by atoms with E-state index in [0.717, 1.165) is 12.1 Å². The fourth-order valence-electron chi connectivity index (χ4n) is 4.31. The van der Waals surface area contributed by atoms with Gasteiger partial charge in [0.15, 0.2) is 16.7 Å². The number of aromatic nitrogens is 2. The molecule has 0 N–H and O–H groups in total. The van der Waals surface area contributed by atoms with Crippen LogP contribution in [0.5, 0.6) is 0 Å². The smallest absolute Gasteiger partial charge is 0.419 e. The van der Waals surface area contributed by atoms with E-state index in [1.54, 1.807) is 6.07 Å². The molecule has 0 amide bonds. The highest BCUT2D eigenvalue weighted by Gasteiger charge is 2.36. The van der Waals surface area contributed by atoms with E-state index in [0.29, 0.717) is 24.3 Å². The standard InChI is InChI=1S/C28H9F8N5O2/c1-11(8-37)25-40-21-19(12-2-4-15(17(29)6-12)27(31,32)33)24-22(41-26(43-24)14(9-38)10-39)20(23(21)42-25)13-3-5-16(18(30)7-13)28(34,35)36/h2-7H,1H3/b25-11-. The molecular formula is C28H9F8N5O2. The van der Waals surface area contributed by atoms with Crippen molar-refractivity contribution in [2.75, 3.05) is 0 Å². The number of benzene rings is 3. The minimum atomic E-state index is -5.05. The molecule has 0 unspecified atom stereocenters. The van der Waals surface area contributed by atoms with E-state index in [1.807, 2.05) is 0 Å². The molecule has 2 heterocycles. The van der Waals surface area contributed by atoms with Crippen LogP contribution in [0, 0.1) is 45.6 Å². The van der Waals surface area contributed by atoms with Crippen molar-refractivity contribution in [3.63, 3.8) is 0 Å². The quantitative estimate of drug-likeness (QED) is 0.212. The maximum absolute atomic E-state index is 14.7. The molecule has 214 valence electrons. The molecule has 15 heteroatoms. The first-order valence-electron chi connectivity index (χ1n) is 11.6. The molecule has 0 atom stereocenters. The number of nitrogens with zero attached hydrogens (tertiary/aromatic N) is 5. The van der Waals surface area contributed by atoms with Crippen molar-refractivity contribution in [3.8, 4) is 40.5 Å². The second-order valence-corrected chi connectivity index (χ2v) is 8.86. The van der Waals surface area contributed by atoms with Crippen molar-refractivity contribution in [2.24, 2.45) is 0 Å². The van der Waals surface area contributed by atoms with Gasteiger partial charge in [0.1, 0.15) is 40.9 Å². The molecular weight excluding hydrogens is 590 g/mol. The van der Waals surface area contributed by atoms with Crippen molar-refractivity contribution in [1.82, 2.24) is 9.97 Å². The minimum Gasteiger partial charge on any atom is -0.435 e. The van der Waals surface area contributed by atoms with Crippen LogP contribution in [0.15, 0.2) is 45.2 Å². The van der Waals surface area contributed by atoms with Gasteiger partial charge < -0.3 is 8.83 Å². The third-order valence-corrected chi connectivity index (χ3v) is 6.23. The zero-order valence-electron chi connectivity index (χ0n) is 21.0. The lowest BCUT2D eigenvalue weighted by atomic mass is 9.95. The number of fused-ring (bicyclic) bond motifs is 2. The van der Waals surface area contributed by atoms with E-state index in [9.17, 15) is 50.9 Å². The van der Waals surface area contributed by atoms with Gasteiger partial charge in [0.2, 0.25) is 11.1 Å². The van der Waals surface area contributed by atoms with Crippen molar-refractivity contribution in [3.05, 3.63) is 70.3 Å². The van der Waals surface area contributed by atoms with Crippen LogP contribution in [0.4, 0.5) is 35.1 Å². The first kappa shape index (κ1) is 28.8. The summed E-state index contributed by atoms with van der Waals surface area (Å²) in [6.07, 6.45) is -10.1. The largest absolute Gasteiger partial charge is 0.435 e. The molecule has 7 nitrogen and oxygen atoms in total. The molecule has 0 aliphatic rings. The molecule has 0 fully saturated rings. The van der Waals surface area contributed by atoms with E-state index in [2.05, 4.69) is 9.97 Å². The maximum Gasteiger partial charge on any atom is 0.419 e. The van der Waals surface area contributed by atoms with Crippen LogP contribution < -0.4 is 11.1 Å². The lowest BCUT2D eigenvalue weighted by Gasteiger charge is -2.12. The average molecular weight is 599 g/mol. The summed E-state index contributed by atoms with van der Waals surface area (Å²) in [7, 11) is 0. The van der Waals surface area contributed by atoms with Gasteiger partial charge >= 0.3 is 12.4 Å². The van der Waals surface area contributed by atoms with Gasteiger partial charge in [-0.1, -0.05) is 12.1 Å². The summed E-state index contributed by atoms with van der Waals surface area (Å²) in [4.78, 5) is 8.30. The van der Waals surface area contributed by atoms with E-state index >= 15 is 0 Å². The molecule has 0 aliphatic carbocycles. The first-order valence-corrected chi connectivity index (χ1v) is 11.6. The fourth-order valence-corrected chi connectivity index (χ4v) is 4.31. The van der Waals surface area contributed by atoms with Crippen LogP contribution in [0.3, 0.4) is 0 Å². The highest BCUT2D eigenvalue weighted by molar-refractivity contribution is 6.15. The van der Waals surface area contributed by atoms with Gasteiger partial charge in [0.05, 0.1) is 27.8 Å². The summed E-state index contributed by atoms with van der Waals surface area (Å²) in [5.74, 6) is -3.38. The molecule has 0 spiro atoms. The van der Waals surface area contributed by atoms with Crippen molar-refractivity contribution in [2.45, 2.75) is 19.3 Å². The van der Waals surface area contributed by atoms with Gasteiger partial charge in [-0.25, -0.2) is 18.7 Å². The Morgan fingerprint density at radius 3 is 1.47 bits per heavy atom. The monoisotopic (exact) mass is 599 g/mol. The third kappa shape index (κ3) is 4.79. The van der Waals surface area contributed by atoms with Gasteiger partial charge in [-0.2, -0.15) is 42.1 Å². The Labute approximate surface area is 233 Å². The van der Waals surface area contributed by atoms with E-state index in [4.69, 9.17) is 8.83 Å². The number of hydrogen-bond donors (Lipinski definition) is 0. The number of alkyl halides is 6. The van der Waals surface area contributed by atoms with Crippen LogP contribution in [0.25, 0.3) is 55.6 Å². The number of halogens is 8. The van der Waals surface area contributed by atoms with Gasteiger partial charge in [-0.3, -0.25) is 0 Å². The number of oxazole rings is 2. The summed E-state index contributed by atoms with van der Waals surface area (Å²) in [5.41, 5.74) is -7.41. The van der Waals surface area contributed by atoms with Crippen LogP contribution in [-0.4, -0.2) is 9.97 Å². The molecule has 5 aromatic rings. The highest BCUT2D eigenvalue weighted by Crippen LogP contribution is 2.44. The molecule has 0 radical (unpaired) electrons. The molecule has 0 bridgehead atoms. The summed E-state index contributed by atoms with van der Waals surface area (Å²) in [5, 5.41) is 28.1. The summed E-state index contributed by atoms with van der Waals surface area (Å²) in [6.45, 7) is 1.29. The zero-order valence-corrected chi connectivity index (χ0v) is 21.0. The van der Waals surface area contributed by atoms with Crippen molar-refractivity contribution < 1.29 is 44.0 Å². The summed E-state index contributed by atoms with van der Waals surface area (Å²) in [6, 6.07) is 8.47. The predicted octanol–water partition coefficient (Wildman–Crippen LogP) is 6.51. The van der Waals surface area contributed by atoms with Gasteiger partial charge in [-0.15, -0.1) is 0 Å². The number of rotatable bonds is 2. The molecule has 2 aromatic heterocycles. The second-order valence-electron chi connectivity index (χ2n) is 8.86. The number of hydrogen-bond acceptors (Lipinski definition) is 7. The molecule has 0 saturated heterocycles. The lowest BCUT2D eigenvalue weighted by molar-refractivity contribution is -0.140. The topological polar surface area (TPSA) is 123 Å². The first-order chi connectivity index (χ1) is 20.2. The fraction of sp³-hybridized carbons (Fsp3) is 0.107. The normalized spacial score (nSPS) is 12.6. The lowest BCUT2D eigenvalue weighted by Crippen LogP contribution is -2.08. The van der Waals surface area contributed by atoms with Crippen LogP contribution in [-0.2, 0) is 12.4 Å². The Bertz CT molecular complexity index is 2100. The Hall–Kier alpha value is -5.75. The van der Waals surface area contributed by atoms with Crippen LogP contribution in [0.2, 0.25) is 0 Å². The second kappa shape index (κ2) is 9.96. The molecule has 43 heavy (non-hydrogen) atoms. The predicted molar refractivity (Wildman–Crippen MR) is 131 cm³/mol. The number of nitriles is 3. The molecule has 5 rings (SSSR count). The van der Waals surface area contributed by atoms with Gasteiger partial charge in [0, 0.05) is 0 Å². The van der Waals surface area contributed by atoms with Gasteiger partial charge in [0.25, 0.3) is 0 Å². The van der Waals surface area contributed by atoms with E-state index in [1.165, 1.54) is 19.1 Å². The maximum atomic E-state index is 14.7. The Balaban J connectivity index is 2.02. The van der Waals surface area contributed by atoms with E-state index < -0.39 is 51.8 Å². The van der Waals surface area contributed by atoms with Crippen molar-refractivity contribution >= 4 is 33.3 Å². The highest BCUT2D eigenvalue weighted by atomic mass is 19.4. The Morgan fingerprint density at radius 1 is 0.674 bits per heavy atom. The van der Waals surface area contributed by atoms with Crippen molar-refractivity contribution in [1.29, 1.82) is 15.8 Å². The Morgan fingerprint density at radius 2 is 1.09 bits per heavy atom.